The van der Waals surface area contributed by atoms with Crippen LogP contribution >= 0.6 is 11.6 Å². The average Bonchev–Trinajstić information content (AvgIpc) is 2.75. The first-order valence-electron chi connectivity index (χ1n) is 5.82. The summed E-state index contributed by atoms with van der Waals surface area (Å²) in [5, 5.41) is 10.8. The van der Waals surface area contributed by atoms with Crippen LogP contribution in [-0.2, 0) is 6.42 Å². The highest BCUT2D eigenvalue weighted by molar-refractivity contribution is 6.31. The molecule has 2 aromatic carbocycles. The lowest BCUT2D eigenvalue weighted by atomic mass is 9.92. The fourth-order valence-electron chi connectivity index (χ4n) is 2.71. The second-order valence-electron chi connectivity index (χ2n) is 4.46. The predicted octanol–water partition coefficient (Wildman–Crippen LogP) is 4.12. The van der Waals surface area contributed by atoms with Crippen LogP contribution in [0.4, 0.5) is 0 Å². The number of phenols is 1. The van der Waals surface area contributed by atoms with Gasteiger partial charge in [-0.1, -0.05) is 41.9 Å². The van der Waals surface area contributed by atoms with E-state index in [1.54, 1.807) is 6.07 Å². The van der Waals surface area contributed by atoms with Crippen molar-refractivity contribution in [3.8, 4) is 5.75 Å². The molecule has 2 aromatic rings. The molecule has 1 aliphatic rings. The van der Waals surface area contributed by atoms with Gasteiger partial charge in [-0.05, 0) is 36.1 Å². The van der Waals surface area contributed by atoms with E-state index in [9.17, 15) is 5.11 Å². The second kappa shape index (κ2) is 4.08. The minimum Gasteiger partial charge on any atom is -0.508 e. The molecule has 0 bridgehead atoms. The molecule has 0 saturated carbocycles. The molecule has 0 aromatic heterocycles. The maximum Gasteiger partial charge on any atom is 0.119 e. The van der Waals surface area contributed by atoms with Gasteiger partial charge in [0.05, 0.1) is 0 Å². The Morgan fingerprint density at radius 3 is 2.59 bits per heavy atom. The van der Waals surface area contributed by atoms with Gasteiger partial charge >= 0.3 is 0 Å². The number of benzene rings is 2. The summed E-state index contributed by atoms with van der Waals surface area (Å²) in [5.41, 5.74) is 3.51. The van der Waals surface area contributed by atoms with E-state index in [0.717, 1.165) is 23.4 Å². The number of hydrogen-bond acceptors (Lipinski definition) is 1. The molecule has 1 atom stereocenters. The molecule has 1 nitrogen and oxygen atoms in total. The van der Waals surface area contributed by atoms with Crippen LogP contribution < -0.4 is 0 Å². The Hall–Kier alpha value is -1.47. The molecule has 1 unspecified atom stereocenters. The Labute approximate surface area is 106 Å². The van der Waals surface area contributed by atoms with Crippen molar-refractivity contribution in [3.05, 3.63) is 64.2 Å². The van der Waals surface area contributed by atoms with Crippen molar-refractivity contribution in [2.75, 3.05) is 0 Å². The van der Waals surface area contributed by atoms with Gasteiger partial charge in [0.1, 0.15) is 5.75 Å². The maximum atomic E-state index is 9.93. The van der Waals surface area contributed by atoms with Gasteiger partial charge < -0.3 is 5.11 Å². The number of halogens is 1. The summed E-state index contributed by atoms with van der Waals surface area (Å²) < 4.78 is 0. The van der Waals surface area contributed by atoms with Gasteiger partial charge in [0.15, 0.2) is 0 Å². The van der Waals surface area contributed by atoms with Gasteiger partial charge in [0, 0.05) is 16.5 Å². The fraction of sp³-hybridized carbons (Fsp3) is 0.200. The minimum atomic E-state index is 0.282. The molecule has 17 heavy (non-hydrogen) atoms. The number of hydrogen-bond donors (Lipinski definition) is 1. The normalized spacial score (nSPS) is 18.1. The molecular formula is C15H13ClO. The highest BCUT2D eigenvalue weighted by Gasteiger charge is 2.26. The van der Waals surface area contributed by atoms with Crippen LogP contribution in [0.3, 0.4) is 0 Å². The summed E-state index contributed by atoms with van der Waals surface area (Å²) in [7, 11) is 0. The Balaban J connectivity index is 2.11. The Morgan fingerprint density at radius 1 is 1.00 bits per heavy atom. The van der Waals surface area contributed by atoms with Gasteiger partial charge in [0.25, 0.3) is 0 Å². The monoisotopic (exact) mass is 244 g/mol. The predicted molar refractivity (Wildman–Crippen MR) is 69.7 cm³/mol. The molecule has 0 amide bonds. The lowest BCUT2D eigenvalue weighted by molar-refractivity contribution is 0.464. The number of fused-ring (bicyclic) bond motifs is 1. The first-order valence-corrected chi connectivity index (χ1v) is 6.20. The van der Waals surface area contributed by atoms with E-state index < -0.39 is 0 Å². The van der Waals surface area contributed by atoms with Crippen molar-refractivity contribution < 1.29 is 5.11 Å². The fourth-order valence-corrected chi connectivity index (χ4v) is 2.99. The van der Waals surface area contributed by atoms with E-state index in [1.807, 2.05) is 30.3 Å². The van der Waals surface area contributed by atoms with Crippen molar-refractivity contribution in [3.63, 3.8) is 0 Å². The van der Waals surface area contributed by atoms with Crippen LogP contribution in [0.15, 0.2) is 42.5 Å². The number of phenolic OH excluding ortho intramolecular Hbond substituents is 1. The number of para-hydroxylation sites is 1. The van der Waals surface area contributed by atoms with Crippen molar-refractivity contribution in [1.82, 2.24) is 0 Å². The van der Waals surface area contributed by atoms with Crippen molar-refractivity contribution in [1.29, 1.82) is 0 Å². The molecule has 3 rings (SSSR count). The molecule has 2 heteroatoms. The summed E-state index contributed by atoms with van der Waals surface area (Å²) in [6.07, 6.45) is 2.02. The lowest BCUT2D eigenvalue weighted by Crippen LogP contribution is -1.96. The zero-order valence-corrected chi connectivity index (χ0v) is 10.1. The summed E-state index contributed by atoms with van der Waals surface area (Å²) in [4.78, 5) is 0. The SMILES string of the molecule is Oc1ccccc1C1CCc2c(Cl)cccc21. The van der Waals surface area contributed by atoms with Crippen LogP contribution in [0.5, 0.6) is 5.75 Å². The third-order valence-corrected chi connectivity index (χ3v) is 3.88. The van der Waals surface area contributed by atoms with Crippen molar-refractivity contribution >= 4 is 11.6 Å². The Morgan fingerprint density at radius 2 is 1.76 bits per heavy atom. The third kappa shape index (κ3) is 1.71. The van der Waals surface area contributed by atoms with E-state index in [4.69, 9.17) is 11.6 Å². The quantitative estimate of drug-likeness (QED) is 0.800. The topological polar surface area (TPSA) is 20.2 Å². The van der Waals surface area contributed by atoms with Crippen LogP contribution in [-0.4, -0.2) is 5.11 Å². The first-order chi connectivity index (χ1) is 8.27. The molecule has 0 spiro atoms. The van der Waals surface area contributed by atoms with Gasteiger partial charge in [-0.25, -0.2) is 0 Å². The van der Waals surface area contributed by atoms with E-state index >= 15 is 0 Å². The van der Waals surface area contributed by atoms with Crippen LogP contribution in [0.1, 0.15) is 29.0 Å². The zero-order valence-electron chi connectivity index (χ0n) is 9.36. The molecule has 0 aliphatic heterocycles. The molecule has 0 heterocycles. The lowest BCUT2D eigenvalue weighted by Gasteiger charge is -2.13. The average molecular weight is 245 g/mol. The van der Waals surface area contributed by atoms with Gasteiger partial charge in [-0.15, -0.1) is 0 Å². The molecular weight excluding hydrogens is 232 g/mol. The van der Waals surface area contributed by atoms with Crippen LogP contribution in [0, 0.1) is 0 Å². The highest BCUT2D eigenvalue weighted by atomic mass is 35.5. The van der Waals surface area contributed by atoms with E-state index in [-0.39, 0.29) is 5.92 Å². The number of rotatable bonds is 1. The third-order valence-electron chi connectivity index (χ3n) is 3.53. The van der Waals surface area contributed by atoms with Gasteiger partial charge in [-0.2, -0.15) is 0 Å². The summed E-state index contributed by atoms with van der Waals surface area (Å²) in [6.45, 7) is 0. The molecule has 86 valence electrons. The standard InChI is InChI=1S/C15H13ClO/c16-14-6-3-5-10-11(8-9-12(10)14)13-4-1-2-7-15(13)17/h1-7,11,17H,8-9H2. The van der Waals surface area contributed by atoms with Crippen molar-refractivity contribution in [2.24, 2.45) is 0 Å². The highest BCUT2D eigenvalue weighted by Crippen LogP contribution is 2.43. The smallest absolute Gasteiger partial charge is 0.119 e. The maximum absolute atomic E-state index is 9.93. The van der Waals surface area contributed by atoms with Crippen LogP contribution in [0.25, 0.3) is 0 Å². The first kappa shape index (κ1) is 10.7. The number of aromatic hydroxyl groups is 1. The van der Waals surface area contributed by atoms with E-state index in [2.05, 4.69) is 6.07 Å². The molecule has 1 N–H and O–H groups in total. The van der Waals surface area contributed by atoms with E-state index in [1.165, 1.54) is 11.1 Å². The van der Waals surface area contributed by atoms with Gasteiger partial charge in [-0.3, -0.25) is 0 Å². The molecule has 0 fully saturated rings. The molecule has 0 radical (unpaired) electrons. The molecule has 1 aliphatic carbocycles. The summed E-state index contributed by atoms with van der Waals surface area (Å²) in [6, 6.07) is 13.6. The minimum absolute atomic E-state index is 0.282. The van der Waals surface area contributed by atoms with Crippen molar-refractivity contribution in [2.45, 2.75) is 18.8 Å². The van der Waals surface area contributed by atoms with Crippen LogP contribution in [0.2, 0.25) is 5.02 Å². The Bertz CT molecular complexity index is 563. The summed E-state index contributed by atoms with van der Waals surface area (Å²) >= 11 is 6.20. The zero-order chi connectivity index (χ0) is 11.8. The molecule has 0 saturated heterocycles. The summed E-state index contributed by atoms with van der Waals surface area (Å²) in [5.74, 6) is 0.662. The Kier molecular flexibility index (Phi) is 2.56. The van der Waals surface area contributed by atoms with E-state index in [0.29, 0.717) is 5.75 Å². The van der Waals surface area contributed by atoms with Gasteiger partial charge in [0.2, 0.25) is 0 Å². The largest absolute Gasteiger partial charge is 0.508 e. The second-order valence-corrected chi connectivity index (χ2v) is 4.86.